The maximum absolute atomic E-state index is 6.16. The minimum absolute atomic E-state index is 0.806. The van der Waals surface area contributed by atoms with E-state index in [2.05, 4.69) is 67.2 Å². The third-order valence-corrected chi connectivity index (χ3v) is 5.85. The lowest BCUT2D eigenvalue weighted by molar-refractivity contribution is 0.324. The molecule has 2 rings (SSSR count). The standard InChI is InChI=1S/C18H22OSi/c1-2-3-14-19-20(15-17-10-6-4-7-11-17)16-18-12-8-5-9-13-18/h2,4-13,20H,1,3,14-16H2. The second kappa shape index (κ2) is 8.51. The SMILES string of the molecule is C=CCCO[SiH](Cc1ccccc1)Cc1ccccc1. The van der Waals surface area contributed by atoms with Gasteiger partial charge in [0, 0.05) is 6.61 Å². The quantitative estimate of drug-likeness (QED) is 0.406. The molecule has 0 spiro atoms. The molecule has 0 heterocycles. The first-order valence-corrected chi connectivity index (χ1v) is 9.29. The van der Waals surface area contributed by atoms with Gasteiger partial charge in [0.25, 0.3) is 0 Å². The summed E-state index contributed by atoms with van der Waals surface area (Å²) in [4.78, 5) is 0. The summed E-state index contributed by atoms with van der Waals surface area (Å²) in [5.74, 6) is 0. The van der Waals surface area contributed by atoms with E-state index in [4.69, 9.17) is 4.43 Å². The molecule has 0 aliphatic carbocycles. The van der Waals surface area contributed by atoms with Crippen molar-refractivity contribution >= 4 is 9.04 Å². The van der Waals surface area contributed by atoms with E-state index in [0.717, 1.165) is 25.1 Å². The Hall–Kier alpha value is -1.64. The molecule has 0 amide bonds. The Bertz CT molecular complexity index is 454. The highest BCUT2D eigenvalue weighted by molar-refractivity contribution is 6.50. The van der Waals surface area contributed by atoms with Crippen molar-refractivity contribution < 1.29 is 4.43 Å². The van der Waals surface area contributed by atoms with Gasteiger partial charge in [-0.05, 0) is 29.6 Å². The molecule has 0 N–H and O–H groups in total. The summed E-state index contributed by atoms with van der Waals surface area (Å²) >= 11 is 0. The Balaban J connectivity index is 1.98. The third kappa shape index (κ3) is 5.15. The van der Waals surface area contributed by atoms with Crippen LogP contribution in [0.3, 0.4) is 0 Å². The molecule has 0 saturated heterocycles. The summed E-state index contributed by atoms with van der Waals surface area (Å²) in [6.45, 7) is 4.57. The van der Waals surface area contributed by atoms with Gasteiger partial charge in [-0.1, -0.05) is 66.7 Å². The van der Waals surface area contributed by atoms with Crippen LogP contribution in [0.4, 0.5) is 0 Å². The fraction of sp³-hybridized carbons (Fsp3) is 0.222. The maximum Gasteiger partial charge on any atom is 0.185 e. The van der Waals surface area contributed by atoms with Crippen LogP contribution in [0.1, 0.15) is 17.5 Å². The Labute approximate surface area is 123 Å². The number of benzene rings is 2. The second-order valence-corrected chi connectivity index (χ2v) is 7.34. The molecule has 0 radical (unpaired) electrons. The van der Waals surface area contributed by atoms with Crippen molar-refractivity contribution in [3.8, 4) is 0 Å². The predicted molar refractivity (Wildman–Crippen MR) is 88.2 cm³/mol. The molecule has 0 atom stereocenters. The molecular weight excluding hydrogens is 260 g/mol. The van der Waals surface area contributed by atoms with Crippen molar-refractivity contribution in [2.75, 3.05) is 6.61 Å². The Morgan fingerprint density at radius 1 is 0.850 bits per heavy atom. The maximum atomic E-state index is 6.16. The number of hydrogen-bond donors (Lipinski definition) is 0. The fourth-order valence-electron chi connectivity index (χ4n) is 2.26. The summed E-state index contributed by atoms with van der Waals surface area (Å²) in [6, 6.07) is 23.5. The molecule has 104 valence electrons. The van der Waals surface area contributed by atoms with Crippen molar-refractivity contribution in [3.63, 3.8) is 0 Å². The van der Waals surface area contributed by atoms with E-state index in [9.17, 15) is 0 Å². The molecule has 2 aromatic carbocycles. The van der Waals surface area contributed by atoms with E-state index < -0.39 is 9.04 Å². The zero-order chi connectivity index (χ0) is 14.0. The monoisotopic (exact) mass is 282 g/mol. The largest absolute Gasteiger partial charge is 0.419 e. The Kier molecular flexibility index (Phi) is 6.28. The van der Waals surface area contributed by atoms with Crippen LogP contribution in [-0.4, -0.2) is 15.6 Å². The van der Waals surface area contributed by atoms with Gasteiger partial charge in [0.1, 0.15) is 0 Å². The molecule has 20 heavy (non-hydrogen) atoms. The van der Waals surface area contributed by atoms with Crippen LogP contribution in [0.5, 0.6) is 0 Å². The van der Waals surface area contributed by atoms with Crippen molar-refractivity contribution in [2.24, 2.45) is 0 Å². The van der Waals surface area contributed by atoms with Gasteiger partial charge in [0.05, 0.1) is 0 Å². The lowest BCUT2D eigenvalue weighted by Gasteiger charge is -2.16. The molecule has 0 aliphatic heterocycles. The van der Waals surface area contributed by atoms with Gasteiger partial charge in [-0.25, -0.2) is 0 Å². The average molecular weight is 282 g/mol. The minimum atomic E-state index is -1.27. The third-order valence-electron chi connectivity index (χ3n) is 3.29. The van der Waals surface area contributed by atoms with Crippen LogP contribution in [-0.2, 0) is 16.5 Å². The van der Waals surface area contributed by atoms with Gasteiger partial charge in [-0.2, -0.15) is 0 Å². The molecule has 0 fully saturated rings. The van der Waals surface area contributed by atoms with Crippen LogP contribution in [0, 0.1) is 0 Å². The molecule has 0 aliphatic rings. The average Bonchev–Trinajstić information content (AvgIpc) is 2.49. The van der Waals surface area contributed by atoms with E-state index in [-0.39, 0.29) is 0 Å². The zero-order valence-electron chi connectivity index (χ0n) is 11.9. The normalized spacial score (nSPS) is 10.7. The first-order valence-electron chi connectivity index (χ1n) is 7.19. The van der Waals surface area contributed by atoms with Gasteiger partial charge in [0.2, 0.25) is 0 Å². The van der Waals surface area contributed by atoms with Gasteiger partial charge < -0.3 is 4.43 Å². The van der Waals surface area contributed by atoms with Crippen molar-refractivity contribution in [3.05, 3.63) is 84.4 Å². The van der Waals surface area contributed by atoms with Gasteiger partial charge in [0.15, 0.2) is 9.04 Å². The topological polar surface area (TPSA) is 9.23 Å². The van der Waals surface area contributed by atoms with Gasteiger partial charge in [-0.15, -0.1) is 6.58 Å². The van der Waals surface area contributed by atoms with E-state index in [0.29, 0.717) is 0 Å². The molecule has 2 heteroatoms. The highest BCUT2D eigenvalue weighted by Gasteiger charge is 2.13. The Morgan fingerprint density at radius 3 is 1.80 bits per heavy atom. The van der Waals surface area contributed by atoms with E-state index in [1.54, 1.807) is 0 Å². The lowest BCUT2D eigenvalue weighted by atomic mass is 10.2. The van der Waals surface area contributed by atoms with Crippen LogP contribution >= 0.6 is 0 Å². The van der Waals surface area contributed by atoms with Crippen LogP contribution < -0.4 is 0 Å². The van der Waals surface area contributed by atoms with E-state index in [1.165, 1.54) is 11.1 Å². The fourth-order valence-corrected chi connectivity index (χ4v) is 4.71. The highest BCUT2D eigenvalue weighted by Crippen LogP contribution is 2.09. The molecule has 0 aromatic heterocycles. The number of hydrogen-bond acceptors (Lipinski definition) is 1. The smallest absolute Gasteiger partial charge is 0.185 e. The van der Waals surface area contributed by atoms with Gasteiger partial charge >= 0.3 is 0 Å². The molecule has 0 bridgehead atoms. The lowest BCUT2D eigenvalue weighted by Crippen LogP contribution is -2.26. The summed E-state index contributed by atoms with van der Waals surface area (Å²) in [5, 5.41) is 0. The molecule has 0 unspecified atom stereocenters. The summed E-state index contributed by atoms with van der Waals surface area (Å²) in [7, 11) is -1.27. The predicted octanol–water partition coefficient (Wildman–Crippen LogP) is 3.87. The van der Waals surface area contributed by atoms with E-state index >= 15 is 0 Å². The molecule has 2 aromatic rings. The summed E-state index contributed by atoms with van der Waals surface area (Å²) < 4.78 is 6.16. The van der Waals surface area contributed by atoms with Crippen molar-refractivity contribution in [1.29, 1.82) is 0 Å². The first kappa shape index (κ1) is 14.8. The summed E-state index contributed by atoms with van der Waals surface area (Å²) in [6.07, 6.45) is 2.86. The minimum Gasteiger partial charge on any atom is -0.419 e. The molecular formula is C18H22OSi. The van der Waals surface area contributed by atoms with Gasteiger partial charge in [-0.3, -0.25) is 0 Å². The first-order chi connectivity index (χ1) is 9.88. The van der Waals surface area contributed by atoms with Crippen LogP contribution in [0.2, 0.25) is 0 Å². The highest BCUT2D eigenvalue weighted by atomic mass is 28.3. The van der Waals surface area contributed by atoms with Crippen molar-refractivity contribution in [2.45, 2.75) is 18.5 Å². The van der Waals surface area contributed by atoms with Crippen LogP contribution in [0.25, 0.3) is 0 Å². The van der Waals surface area contributed by atoms with E-state index in [1.807, 2.05) is 6.08 Å². The Morgan fingerprint density at radius 2 is 1.35 bits per heavy atom. The van der Waals surface area contributed by atoms with Crippen LogP contribution in [0.15, 0.2) is 73.3 Å². The second-order valence-electron chi connectivity index (χ2n) is 4.95. The summed E-state index contributed by atoms with van der Waals surface area (Å²) in [5.41, 5.74) is 2.78. The van der Waals surface area contributed by atoms with Crippen molar-refractivity contribution in [1.82, 2.24) is 0 Å². The zero-order valence-corrected chi connectivity index (χ0v) is 13.0. The molecule has 0 saturated carbocycles. The molecule has 1 nitrogen and oxygen atoms in total. The number of rotatable bonds is 8.